The third-order valence-electron chi connectivity index (χ3n) is 3.56. The highest BCUT2D eigenvalue weighted by Gasteiger charge is 2.09. The van der Waals surface area contributed by atoms with Gasteiger partial charge >= 0.3 is 0 Å². The molecule has 3 rings (SSSR count). The maximum Gasteiger partial charge on any atom is 0.138 e. The van der Waals surface area contributed by atoms with Crippen molar-refractivity contribution in [1.29, 1.82) is 0 Å². The van der Waals surface area contributed by atoms with E-state index in [1.165, 1.54) is 11.1 Å². The molecule has 102 valence electrons. The van der Waals surface area contributed by atoms with E-state index in [-0.39, 0.29) is 0 Å². The zero-order valence-corrected chi connectivity index (χ0v) is 12.6. The summed E-state index contributed by atoms with van der Waals surface area (Å²) in [6, 6.07) is 8.28. The number of aromatic nitrogens is 3. The molecule has 0 saturated carbocycles. The standard InChI is InChI=1S/C16H16ClN3/c1-10-4-14-15(5-11(10)2)20(9-18-14)16-7-13(8-17)6-12(3)19-16/h4-7,9H,8H2,1-3H3. The van der Waals surface area contributed by atoms with Crippen LogP contribution in [0, 0.1) is 20.8 Å². The molecule has 0 spiro atoms. The minimum Gasteiger partial charge on any atom is -0.283 e. The molecule has 20 heavy (non-hydrogen) atoms. The van der Waals surface area contributed by atoms with Crippen LogP contribution in [0.4, 0.5) is 0 Å². The van der Waals surface area contributed by atoms with E-state index >= 15 is 0 Å². The van der Waals surface area contributed by atoms with Crippen LogP contribution in [0.1, 0.15) is 22.4 Å². The number of hydrogen-bond donors (Lipinski definition) is 0. The molecule has 0 aliphatic carbocycles. The molecule has 0 aliphatic heterocycles. The van der Waals surface area contributed by atoms with E-state index in [2.05, 4.69) is 35.9 Å². The number of halogens is 1. The summed E-state index contributed by atoms with van der Waals surface area (Å²) < 4.78 is 2.02. The number of imidazole rings is 1. The summed E-state index contributed by atoms with van der Waals surface area (Å²) >= 11 is 5.94. The topological polar surface area (TPSA) is 30.7 Å². The monoisotopic (exact) mass is 285 g/mol. The fraction of sp³-hybridized carbons (Fsp3) is 0.250. The van der Waals surface area contributed by atoms with Gasteiger partial charge in [0, 0.05) is 11.6 Å². The van der Waals surface area contributed by atoms with Gasteiger partial charge in [-0.15, -0.1) is 11.6 Å². The molecule has 0 atom stereocenters. The third-order valence-corrected chi connectivity index (χ3v) is 3.87. The van der Waals surface area contributed by atoms with Crippen LogP contribution in [-0.4, -0.2) is 14.5 Å². The van der Waals surface area contributed by atoms with Gasteiger partial charge in [0.2, 0.25) is 0 Å². The summed E-state index contributed by atoms with van der Waals surface area (Å²) in [5, 5.41) is 0. The van der Waals surface area contributed by atoms with Crippen LogP contribution < -0.4 is 0 Å². The van der Waals surface area contributed by atoms with Crippen molar-refractivity contribution in [2.24, 2.45) is 0 Å². The van der Waals surface area contributed by atoms with Crippen LogP contribution in [0.5, 0.6) is 0 Å². The number of pyridine rings is 1. The summed E-state index contributed by atoms with van der Waals surface area (Å²) in [5.41, 5.74) is 6.60. The van der Waals surface area contributed by atoms with Crippen molar-refractivity contribution < 1.29 is 0 Å². The molecule has 3 nitrogen and oxygen atoms in total. The Hall–Kier alpha value is -1.87. The minimum absolute atomic E-state index is 0.487. The zero-order chi connectivity index (χ0) is 14.3. The molecule has 2 aromatic heterocycles. The predicted molar refractivity (Wildman–Crippen MR) is 82.6 cm³/mol. The second-order valence-electron chi connectivity index (χ2n) is 5.15. The van der Waals surface area contributed by atoms with Crippen molar-refractivity contribution in [3.63, 3.8) is 0 Å². The van der Waals surface area contributed by atoms with Crippen molar-refractivity contribution >= 4 is 22.6 Å². The summed E-state index contributed by atoms with van der Waals surface area (Å²) in [6.07, 6.45) is 1.82. The number of fused-ring (bicyclic) bond motifs is 1. The highest BCUT2D eigenvalue weighted by atomic mass is 35.5. The first-order valence-electron chi connectivity index (χ1n) is 6.56. The average molecular weight is 286 g/mol. The molecule has 0 aliphatic rings. The number of rotatable bonds is 2. The third kappa shape index (κ3) is 2.18. The number of alkyl halides is 1. The highest BCUT2D eigenvalue weighted by molar-refractivity contribution is 6.17. The molecule has 0 amide bonds. The Balaban J connectivity index is 2.24. The van der Waals surface area contributed by atoms with Crippen LogP contribution in [-0.2, 0) is 5.88 Å². The normalized spacial score (nSPS) is 11.2. The lowest BCUT2D eigenvalue weighted by Gasteiger charge is -2.08. The molecule has 3 aromatic rings. The van der Waals surface area contributed by atoms with Crippen molar-refractivity contribution in [3.8, 4) is 5.82 Å². The average Bonchev–Trinajstić information content (AvgIpc) is 2.81. The summed E-state index contributed by atoms with van der Waals surface area (Å²) in [6.45, 7) is 6.19. The van der Waals surface area contributed by atoms with Gasteiger partial charge in [-0.05, 0) is 61.7 Å². The first-order valence-corrected chi connectivity index (χ1v) is 7.10. The summed E-state index contributed by atoms with van der Waals surface area (Å²) in [7, 11) is 0. The fourth-order valence-electron chi connectivity index (χ4n) is 2.37. The number of nitrogens with zero attached hydrogens (tertiary/aromatic N) is 3. The van der Waals surface area contributed by atoms with Crippen molar-refractivity contribution in [2.75, 3.05) is 0 Å². The molecule has 2 heterocycles. The lowest BCUT2D eigenvalue weighted by Crippen LogP contribution is -1.99. The quantitative estimate of drug-likeness (QED) is 0.664. The molecule has 1 aromatic carbocycles. The Morgan fingerprint density at radius 1 is 1.05 bits per heavy atom. The Morgan fingerprint density at radius 3 is 2.55 bits per heavy atom. The molecule has 4 heteroatoms. The Bertz CT molecular complexity index is 790. The summed E-state index contributed by atoms with van der Waals surface area (Å²) in [5.74, 6) is 1.35. The zero-order valence-electron chi connectivity index (χ0n) is 11.8. The summed E-state index contributed by atoms with van der Waals surface area (Å²) in [4.78, 5) is 9.06. The second kappa shape index (κ2) is 4.91. The molecule has 0 saturated heterocycles. The minimum atomic E-state index is 0.487. The molecular formula is C16H16ClN3. The lowest BCUT2D eigenvalue weighted by molar-refractivity contribution is 0.991. The van der Waals surface area contributed by atoms with Gasteiger partial charge in [-0.25, -0.2) is 9.97 Å². The Labute approximate surface area is 123 Å². The largest absolute Gasteiger partial charge is 0.283 e. The van der Waals surface area contributed by atoms with E-state index in [0.29, 0.717) is 5.88 Å². The Morgan fingerprint density at radius 2 is 1.80 bits per heavy atom. The first kappa shape index (κ1) is 13.1. The van der Waals surface area contributed by atoms with Gasteiger partial charge in [0.25, 0.3) is 0 Å². The maximum absolute atomic E-state index is 5.94. The number of hydrogen-bond acceptors (Lipinski definition) is 2. The van der Waals surface area contributed by atoms with Crippen molar-refractivity contribution in [3.05, 3.63) is 53.0 Å². The smallest absolute Gasteiger partial charge is 0.138 e. The van der Waals surface area contributed by atoms with Gasteiger partial charge in [-0.1, -0.05) is 0 Å². The van der Waals surface area contributed by atoms with Gasteiger partial charge in [-0.3, -0.25) is 4.57 Å². The number of aryl methyl sites for hydroxylation is 3. The maximum atomic E-state index is 5.94. The van der Waals surface area contributed by atoms with Crippen molar-refractivity contribution in [2.45, 2.75) is 26.7 Å². The van der Waals surface area contributed by atoms with E-state index in [4.69, 9.17) is 11.6 Å². The van der Waals surface area contributed by atoms with Gasteiger partial charge < -0.3 is 0 Å². The van der Waals surface area contributed by atoms with Crippen LogP contribution in [0.25, 0.3) is 16.9 Å². The van der Waals surface area contributed by atoms with Crippen LogP contribution in [0.3, 0.4) is 0 Å². The first-order chi connectivity index (χ1) is 9.58. The van der Waals surface area contributed by atoms with Crippen LogP contribution in [0.15, 0.2) is 30.6 Å². The number of benzene rings is 1. The Kier molecular flexibility index (Phi) is 3.22. The molecule has 0 bridgehead atoms. The van der Waals surface area contributed by atoms with Gasteiger partial charge in [0.1, 0.15) is 12.1 Å². The molecule has 0 radical (unpaired) electrons. The SMILES string of the molecule is Cc1cc(CCl)cc(-n2cnc3cc(C)c(C)cc32)n1. The predicted octanol–water partition coefficient (Wildman–Crippen LogP) is 4.08. The van der Waals surface area contributed by atoms with Gasteiger partial charge in [-0.2, -0.15) is 0 Å². The van der Waals surface area contributed by atoms with Crippen LogP contribution >= 0.6 is 11.6 Å². The van der Waals surface area contributed by atoms with E-state index < -0.39 is 0 Å². The van der Waals surface area contributed by atoms with Gasteiger partial charge in [0.05, 0.1) is 11.0 Å². The fourth-order valence-corrected chi connectivity index (χ4v) is 2.52. The van der Waals surface area contributed by atoms with Crippen LogP contribution in [0.2, 0.25) is 0 Å². The lowest BCUT2D eigenvalue weighted by atomic mass is 10.1. The second-order valence-corrected chi connectivity index (χ2v) is 5.42. The van der Waals surface area contributed by atoms with Gasteiger partial charge in [0.15, 0.2) is 0 Å². The molecule has 0 N–H and O–H groups in total. The highest BCUT2D eigenvalue weighted by Crippen LogP contribution is 2.22. The van der Waals surface area contributed by atoms with E-state index in [1.54, 1.807) is 0 Å². The molecule has 0 unspecified atom stereocenters. The van der Waals surface area contributed by atoms with E-state index in [0.717, 1.165) is 28.1 Å². The molecular weight excluding hydrogens is 270 g/mol. The van der Waals surface area contributed by atoms with Crippen molar-refractivity contribution in [1.82, 2.24) is 14.5 Å². The molecule has 0 fully saturated rings. The van der Waals surface area contributed by atoms with E-state index in [9.17, 15) is 0 Å². The van der Waals surface area contributed by atoms with E-state index in [1.807, 2.05) is 30.0 Å².